The van der Waals surface area contributed by atoms with Gasteiger partial charge in [0.1, 0.15) is 0 Å². The lowest BCUT2D eigenvalue weighted by atomic mass is 10.0. The minimum absolute atomic E-state index is 0.0883. The van der Waals surface area contributed by atoms with Gasteiger partial charge in [0, 0.05) is 25.3 Å². The summed E-state index contributed by atoms with van der Waals surface area (Å²) in [4.78, 5) is 38.6. The molecule has 4 amide bonds. The molecular weight excluding hydrogens is 416 g/mol. The summed E-state index contributed by atoms with van der Waals surface area (Å²) in [5, 5.41) is 10.5. The third kappa shape index (κ3) is 6.10. The number of nitrogens with one attached hydrogen (secondary N) is 3. The number of rotatable bonds is 7. The molecule has 170 valence electrons. The van der Waals surface area contributed by atoms with E-state index in [4.69, 9.17) is 0 Å². The normalized spacial score (nSPS) is 13.0. The number of amides is 4. The van der Waals surface area contributed by atoms with Crippen molar-refractivity contribution in [2.45, 2.75) is 25.8 Å². The largest absolute Gasteiger partial charge is 0.350 e. The maximum absolute atomic E-state index is 12.4. The molecule has 7 heteroatoms. The van der Waals surface area contributed by atoms with Gasteiger partial charge < -0.3 is 20.9 Å². The van der Waals surface area contributed by atoms with E-state index >= 15 is 0 Å². The summed E-state index contributed by atoms with van der Waals surface area (Å²) in [6, 6.07) is 21.1. The fraction of sp³-hybridized carbons (Fsp3) is 0.269. The van der Waals surface area contributed by atoms with Crippen LogP contribution < -0.4 is 16.0 Å². The van der Waals surface area contributed by atoms with Gasteiger partial charge in [-0.2, -0.15) is 0 Å². The summed E-state index contributed by atoms with van der Waals surface area (Å²) in [6.45, 7) is 1.79. The van der Waals surface area contributed by atoms with E-state index < -0.39 is 0 Å². The van der Waals surface area contributed by atoms with Gasteiger partial charge >= 0.3 is 6.03 Å². The van der Waals surface area contributed by atoms with Crippen LogP contribution >= 0.6 is 0 Å². The van der Waals surface area contributed by atoms with Gasteiger partial charge in [-0.1, -0.05) is 54.6 Å². The summed E-state index contributed by atoms with van der Waals surface area (Å²) >= 11 is 0. The second-order valence-corrected chi connectivity index (χ2v) is 8.19. The number of hydrogen-bond donors (Lipinski definition) is 3. The molecule has 1 aliphatic rings. The molecule has 1 saturated heterocycles. The minimum atomic E-state index is -0.271. The zero-order valence-corrected chi connectivity index (χ0v) is 18.5. The van der Waals surface area contributed by atoms with Crippen molar-refractivity contribution < 1.29 is 14.4 Å². The fourth-order valence-electron chi connectivity index (χ4n) is 4.01. The molecule has 4 rings (SSSR count). The third-order valence-corrected chi connectivity index (χ3v) is 5.74. The Balaban J connectivity index is 1.23. The van der Waals surface area contributed by atoms with E-state index in [1.807, 2.05) is 66.7 Å². The second-order valence-electron chi connectivity index (χ2n) is 8.19. The third-order valence-electron chi connectivity index (χ3n) is 5.74. The van der Waals surface area contributed by atoms with Gasteiger partial charge in [-0.25, -0.2) is 4.79 Å². The molecule has 1 aliphatic heterocycles. The molecule has 1 heterocycles. The smallest absolute Gasteiger partial charge is 0.321 e. The van der Waals surface area contributed by atoms with E-state index in [1.54, 1.807) is 4.90 Å². The quantitative estimate of drug-likeness (QED) is 0.521. The summed E-state index contributed by atoms with van der Waals surface area (Å²) in [6.07, 6.45) is 2.29. The highest BCUT2D eigenvalue weighted by molar-refractivity contribution is 5.92. The monoisotopic (exact) mass is 444 g/mol. The van der Waals surface area contributed by atoms with E-state index in [0.29, 0.717) is 12.2 Å². The van der Waals surface area contributed by atoms with E-state index in [2.05, 4.69) is 16.0 Å². The SMILES string of the molecule is O=C(CNC(=O)Cc1cccc2ccccc12)NCc1cccc(NC(=O)N2CCCC2)c1. The summed E-state index contributed by atoms with van der Waals surface area (Å²) in [5.74, 6) is -0.471. The van der Waals surface area contributed by atoms with Gasteiger partial charge in [-0.3, -0.25) is 9.59 Å². The van der Waals surface area contributed by atoms with Crippen molar-refractivity contribution in [3.05, 3.63) is 77.9 Å². The molecule has 0 bridgehead atoms. The number of hydrogen-bond acceptors (Lipinski definition) is 3. The predicted molar refractivity (Wildman–Crippen MR) is 129 cm³/mol. The van der Waals surface area contributed by atoms with Gasteiger partial charge in [0.2, 0.25) is 11.8 Å². The molecule has 3 aromatic rings. The molecule has 0 unspecified atom stereocenters. The lowest BCUT2D eigenvalue weighted by Crippen LogP contribution is -2.37. The zero-order chi connectivity index (χ0) is 23.0. The fourth-order valence-corrected chi connectivity index (χ4v) is 4.01. The number of benzene rings is 3. The number of carbonyl (C=O) groups excluding carboxylic acids is 3. The molecule has 0 saturated carbocycles. The molecule has 0 spiro atoms. The summed E-state index contributed by atoms with van der Waals surface area (Å²) in [7, 11) is 0. The predicted octanol–water partition coefficient (Wildman–Crippen LogP) is 3.44. The van der Waals surface area contributed by atoms with E-state index in [-0.39, 0.29) is 30.8 Å². The zero-order valence-electron chi connectivity index (χ0n) is 18.5. The van der Waals surface area contributed by atoms with Crippen molar-refractivity contribution in [3.63, 3.8) is 0 Å². The number of fused-ring (bicyclic) bond motifs is 1. The van der Waals surface area contributed by atoms with Crippen molar-refractivity contribution >= 4 is 34.3 Å². The van der Waals surface area contributed by atoms with Gasteiger partial charge in [-0.15, -0.1) is 0 Å². The molecule has 0 atom stereocenters. The van der Waals surface area contributed by atoms with E-state index in [0.717, 1.165) is 47.8 Å². The van der Waals surface area contributed by atoms with Gasteiger partial charge in [0.15, 0.2) is 0 Å². The van der Waals surface area contributed by atoms with Crippen molar-refractivity contribution in [2.24, 2.45) is 0 Å². The molecule has 1 fully saturated rings. The van der Waals surface area contributed by atoms with Gasteiger partial charge in [-0.05, 0) is 46.9 Å². The first-order valence-electron chi connectivity index (χ1n) is 11.2. The van der Waals surface area contributed by atoms with Crippen LogP contribution in [0.5, 0.6) is 0 Å². The Labute approximate surface area is 193 Å². The molecule has 0 radical (unpaired) electrons. The van der Waals surface area contributed by atoms with Crippen LogP contribution in [0.15, 0.2) is 66.7 Å². The van der Waals surface area contributed by atoms with Crippen LogP contribution in [0.3, 0.4) is 0 Å². The Kier molecular flexibility index (Phi) is 7.19. The minimum Gasteiger partial charge on any atom is -0.350 e. The molecule has 33 heavy (non-hydrogen) atoms. The van der Waals surface area contributed by atoms with E-state index in [1.165, 1.54) is 0 Å². The standard InChI is InChI=1S/C26H28N4O3/c31-24(16-21-10-6-9-20-8-1-2-12-23(20)21)28-18-25(32)27-17-19-7-5-11-22(15-19)29-26(33)30-13-3-4-14-30/h1-2,5-12,15H,3-4,13-14,16-18H2,(H,27,32)(H,28,31)(H,29,33). The number of likely N-dealkylation sites (tertiary alicyclic amines) is 1. The van der Waals surface area contributed by atoms with Crippen LogP contribution in [0, 0.1) is 0 Å². The highest BCUT2D eigenvalue weighted by Crippen LogP contribution is 2.19. The lowest BCUT2D eigenvalue weighted by molar-refractivity contribution is -0.125. The molecule has 0 aliphatic carbocycles. The van der Waals surface area contributed by atoms with Crippen molar-refractivity contribution in [2.75, 3.05) is 25.0 Å². The average Bonchev–Trinajstić information content (AvgIpc) is 3.37. The highest BCUT2D eigenvalue weighted by Gasteiger charge is 2.17. The number of urea groups is 1. The second kappa shape index (κ2) is 10.6. The average molecular weight is 445 g/mol. The molecule has 0 aromatic heterocycles. The van der Waals surface area contributed by atoms with Gasteiger partial charge in [0.25, 0.3) is 0 Å². The lowest BCUT2D eigenvalue weighted by Gasteiger charge is -2.16. The first kappa shape index (κ1) is 22.3. The summed E-state index contributed by atoms with van der Waals surface area (Å²) < 4.78 is 0. The summed E-state index contributed by atoms with van der Waals surface area (Å²) in [5.41, 5.74) is 2.49. The first-order valence-corrected chi connectivity index (χ1v) is 11.2. The van der Waals surface area contributed by atoms with Crippen LogP contribution in [0.1, 0.15) is 24.0 Å². The molecular formula is C26H28N4O3. The Morgan fingerprint density at radius 1 is 0.818 bits per heavy atom. The van der Waals surface area contributed by atoms with Crippen molar-refractivity contribution in [1.29, 1.82) is 0 Å². The van der Waals surface area contributed by atoms with Gasteiger partial charge in [0.05, 0.1) is 13.0 Å². The molecule has 7 nitrogen and oxygen atoms in total. The highest BCUT2D eigenvalue weighted by atomic mass is 16.2. The maximum atomic E-state index is 12.4. The van der Waals surface area contributed by atoms with Crippen molar-refractivity contribution in [3.8, 4) is 0 Å². The Morgan fingerprint density at radius 3 is 2.42 bits per heavy atom. The Bertz CT molecular complexity index is 1150. The van der Waals surface area contributed by atoms with Crippen LogP contribution in [-0.2, 0) is 22.6 Å². The first-order chi connectivity index (χ1) is 16.1. The van der Waals surface area contributed by atoms with Crippen molar-refractivity contribution in [1.82, 2.24) is 15.5 Å². The Hall–Kier alpha value is -3.87. The van der Waals surface area contributed by atoms with Crippen LogP contribution in [0.4, 0.5) is 10.5 Å². The number of nitrogens with zero attached hydrogens (tertiary/aromatic N) is 1. The number of carbonyl (C=O) groups is 3. The maximum Gasteiger partial charge on any atom is 0.321 e. The van der Waals surface area contributed by atoms with E-state index in [9.17, 15) is 14.4 Å². The topological polar surface area (TPSA) is 90.5 Å². The molecule has 3 aromatic carbocycles. The van der Waals surface area contributed by atoms with Crippen LogP contribution in [-0.4, -0.2) is 42.4 Å². The number of anilines is 1. The Morgan fingerprint density at radius 2 is 1.58 bits per heavy atom. The molecule has 3 N–H and O–H groups in total. The van der Waals surface area contributed by atoms with Crippen LogP contribution in [0.2, 0.25) is 0 Å². The van der Waals surface area contributed by atoms with Crippen LogP contribution in [0.25, 0.3) is 10.8 Å².